The van der Waals surface area contributed by atoms with E-state index in [1.54, 1.807) is 0 Å². The molecule has 8 heteroatoms. The van der Waals surface area contributed by atoms with E-state index in [9.17, 15) is 14.9 Å². The fraction of sp³-hybridized carbons (Fsp3) is 0.385. The highest BCUT2D eigenvalue weighted by Crippen LogP contribution is 2.29. The molecule has 0 aliphatic rings. The number of rotatable bonds is 7. The van der Waals surface area contributed by atoms with Crippen molar-refractivity contribution in [1.29, 1.82) is 5.26 Å². The molecule has 0 spiro atoms. The van der Waals surface area contributed by atoms with Crippen LogP contribution in [0.3, 0.4) is 0 Å². The summed E-state index contributed by atoms with van der Waals surface area (Å²) in [5.74, 6) is -1.09. The van der Waals surface area contributed by atoms with E-state index in [2.05, 4.69) is 0 Å². The Hall–Kier alpha value is -2.66. The number of anilines is 1. The molecule has 112 valence electrons. The lowest BCUT2D eigenvalue weighted by Crippen LogP contribution is -2.36. The van der Waals surface area contributed by atoms with Crippen LogP contribution in [-0.4, -0.2) is 54.6 Å². The Morgan fingerprint density at radius 2 is 2.10 bits per heavy atom. The molecule has 1 aromatic rings. The third-order valence-corrected chi connectivity index (χ3v) is 2.79. The van der Waals surface area contributed by atoms with Crippen molar-refractivity contribution >= 4 is 17.3 Å². The predicted molar refractivity (Wildman–Crippen MR) is 76.2 cm³/mol. The second-order valence-electron chi connectivity index (χ2n) is 4.69. The van der Waals surface area contributed by atoms with Crippen LogP contribution in [0.5, 0.6) is 0 Å². The zero-order valence-electron chi connectivity index (χ0n) is 11.8. The number of hydrogen-bond acceptors (Lipinski definition) is 6. The van der Waals surface area contributed by atoms with Crippen LogP contribution in [0.1, 0.15) is 5.56 Å². The van der Waals surface area contributed by atoms with Gasteiger partial charge in [-0.05, 0) is 26.2 Å². The summed E-state index contributed by atoms with van der Waals surface area (Å²) >= 11 is 0. The number of aliphatic carboxylic acids is 1. The molecule has 0 unspecified atom stereocenters. The maximum atomic E-state index is 11.1. The Kier molecular flexibility index (Phi) is 5.63. The quantitative estimate of drug-likeness (QED) is 0.587. The van der Waals surface area contributed by atoms with Crippen LogP contribution in [-0.2, 0) is 4.79 Å². The molecule has 21 heavy (non-hydrogen) atoms. The van der Waals surface area contributed by atoms with Gasteiger partial charge in [-0.2, -0.15) is 5.26 Å². The number of carbonyl (C=O) groups is 1. The van der Waals surface area contributed by atoms with Gasteiger partial charge in [0.15, 0.2) is 0 Å². The molecule has 0 aliphatic heterocycles. The van der Waals surface area contributed by atoms with Crippen LogP contribution in [0.4, 0.5) is 11.4 Å². The third-order valence-electron chi connectivity index (χ3n) is 2.79. The Balaban J connectivity index is 3.23. The van der Waals surface area contributed by atoms with Crippen molar-refractivity contribution in [1.82, 2.24) is 4.90 Å². The SMILES string of the molecule is CN(C)CCN(CC(=O)O)c1cc(C#N)ccc1[N+](=O)[O-]. The maximum Gasteiger partial charge on any atom is 0.323 e. The molecular weight excluding hydrogens is 276 g/mol. The van der Waals surface area contributed by atoms with Gasteiger partial charge in [0.05, 0.1) is 16.6 Å². The lowest BCUT2D eigenvalue weighted by atomic mass is 10.1. The Bertz CT molecular complexity index is 580. The first-order chi connectivity index (χ1) is 9.85. The van der Waals surface area contributed by atoms with Crippen molar-refractivity contribution in [3.05, 3.63) is 33.9 Å². The largest absolute Gasteiger partial charge is 0.480 e. The van der Waals surface area contributed by atoms with Crippen molar-refractivity contribution in [2.24, 2.45) is 0 Å². The van der Waals surface area contributed by atoms with Crippen LogP contribution in [0, 0.1) is 21.4 Å². The van der Waals surface area contributed by atoms with Crippen LogP contribution in [0.15, 0.2) is 18.2 Å². The molecule has 1 N–H and O–H groups in total. The average molecular weight is 292 g/mol. The summed E-state index contributed by atoms with van der Waals surface area (Å²) in [5, 5.41) is 29.0. The number of nitriles is 1. The van der Waals surface area contributed by atoms with Crippen molar-refractivity contribution in [2.75, 3.05) is 38.6 Å². The molecule has 0 heterocycles. The Morgan fingerprint density at radius 1 is 1.43 bits per heavy atom. The lowest BCUT2D eigenvalue weighted by Gasteiger charge is -2.24. The van der Waals surface area contributed by atoms with Gasteiger partial charge in [-0.15, -0.1) is 0 Å². The summed E-state index contributed by atoms with van der Waals surface area (Å²) in [6, 6.07) is 5.80. The summed E-state index contributed by atoms with van der Waals surface area (Å²) in [5.41, 5.74) is 0.174. The Labute approximate surface area is 122 Å². The van der Waals surface area contributed by atoms with E-state index in [-0.39, 0.29) is 23.5 Å². The predicted octanol–water partition coefficient (Wildman–Crippen LogP) is 0.919. The lowest BCUT2D eigenvalue weighted by molar-refractivity contribution is -0.384. The Morgan fingerprint density at radius 3 is 2.57 bits per heavy atom. The van der Waals surface area contributed by atoms with E-state index in [0.717, 1.165) is 0 Å². The zero-order valence-corrected chi connectivity index (χ0v) is 11.8. The van der Waals surface area contributed by atoms with E-state index >= 15 is 0 Å². The number of hydrogen-bond donors (Lipinski definition) is 1. The van der Waals surface area contributed by atoms with Crippen molar-refractivity contribution < 1.29 is 14.8 Å². The number of nitro benzene ring substituents is 1. The van der Waals surface area contributed by atoms with Gasteiger partial charge in [0.2, 0.25) is 0 Å². The first kappa shape index (κ1) is 16.4. The minimum Gasteiger partial charge on any atom is -0.480 e. The van der Waals surface area contributed by atoms with Crippen LogP contribution < -0.4 is 4.90 Å². The fourth-order valence-corrected chi connectivity index (χ4v) is 1.77. The van der Waals surface area contributed by atoms with E-state index in [1.165, 1.54) is 23.1 Å². The van der Waals surface area contributed by atoms with Gasteiger partial charge < -0.3 is 14.9 Å². The molecule has 0 saturated heterocycles. The monoisotopic (exact) mass is 292 g/mol. The first-order valence-electron chi connectivity index (χ1n) is 6.15. The van der Waals surface area contributed by atoms with Gasteiger partial charge in [-0.1, -0.05) is 0 Å². The number of carboxylic acid groups (broad SMARTS) is 1. The number of nitro groups is 1. The summed E-state index contributed by atoms with van der Waals surface area (Å²) in [6.07, 6.45) is 0. The van der Waals surface area contributed by atoms with Crippen LogP contribution >= 0.6 is 0 Å². The molecule has 0 aliphatic carbocycles. The zero-order chi connectivity index (χ0) is 16.0. The van der Waals surface area contributed by atoms with E-state index in [1.807, 2.05) is 25.1 Å². The van der Waals surface area contributed by atoms with Gasteiger partial charge >= 0.3 is 5.97 Å². The topological polar surface area (TPSA) is 111 Å². The van der Waals surface area contributed by atoms with Crippen LogP contribution in [0.2, 0.25) is 0 Å². The summed E-state index contributed by atoms with van der Waals surface area (Å²) in [7, 11) is 3.64. The highest BCUT2D eigenvalue weighted by atomic mass is 16.6. The maximum absolute atomic E-state index is 11.1. The number of benzene rings is 1. The molecule has 0 aromatic heterocycles. The molecule has 0 bridgehead atoms. The first-order valence-corrected chi connectivity index (χ1v) is 6.15. The van der Waals surface area contributed by atoms with Gasteiger partial charge in [0.25, 0.3) is 5.69 Å². The van der Waals surface area contributed by atoms with Gasteiger partial charge in [-0.25, -0.2) is 0 Å². The fourth-order valence-electron chi connectivity index (χ4n) is 1.77. The number of likely N-dealkylation sites (N-methyl/N-ethyl adjacent to an activating group) is 1. The van der Waals surface area contributed by atoms with Gasteiger partial charge in [0, 0.05) is 19.2 Å². The highest BCUT2D eigenvalue weighted by molar-refractivity contribution is 5.76. The smallest absolute Gasteiger partial charge is 0.323 e. The highest BCUT2D eigenvalue weighted by Gasteiger charge is 2.21. The van der Waals surface area contributed by atoms with Gasteiger partial charge in [0.1, 0.15) is 12.2 Å². The van der Waals surface area contributed by atoms with Gasteiger partial charge in [-0.3, -0.25) is 14.9 Å². The normalized spacial score (nSPS) is 10.2. The summed E-state index contributed by atoms with van der Waals surface area (Å²) in [6.45, 7) is 0.458. The molecular formula is C13H16N4O4. The summed E-state index contributed by atoms with van der Waals surface area (Å²) in [4.78, 5) is 24.7. The van der Waals surface area contributed by atoms with Crippen molar-refractivity contribution in [3.63, 3.8) is 0 Å². The molecule has 0 amide bonds. The number of nitrogens with zero attached hydrogens (tertiary/aromatic N) is 4. The average Bonchev–Trinajstić information content (AvgIpc) is 2.42. The second-order valence-corrected chi connectivity index (χ2v) is 4.69. The molecule has 0 atom stereocenters. The third kappa shape index (κ3) is 4.74. The summed E-state index contributed by atoms with van der Waals surface area (Å²) < 4.78 is 0. The molecule has 0 radical (unpaired) electrons. The van der Waals surface area contributed by atoms with Crippen molar-refractivity contribution in [2.45, 2.75) is 0 Å². The van der Waals surface area contributed by atoms with Crippen LogP contribution in [0.25, 0.3) is 0 Å². The minimum atomic E-state index is -1.09. The van der Waals surface area contributed by atoms with Crippen molar-refractivity contribution in [3.8, 4) is 6.07 Å². The minimum absolute atomic E-state index is 0.142. The second kappa shape index (κ2) is 7.21. The number of carboxylic acids is 1. The van der Waals surface area contributed by atoms with E-state index < -0.39 is 10.9 Å². The molecule has 0 fully saturated rings. The molecule has 8 nitrogen and oxygen atoms in total. The van der Waals surface area contributed by atoms with E-state index in [0.29, 0.717) is 13.1 Å². The molecule has 0 saturated carbocycles. The standard InChI is InChI=1S/C13H16N4O4/c1-15(2)5-6-16(9-13(18)19)12-7-10(8-14)3-4-11(12)17(20)21/h3-4,7H,5-6,9H2,1-2H3,(H,18,19). The molecule has 1 aromatic carbocycles. The molecule has 1 rings (SSSR count). The van der Waals surface area contributed by atoms with E-state index in [4.69, 9.17) is 10.4 Å².